The van der Waals surface area contributed by atoms with E-state index >= 15 is 0 Å². The number of amides is 3. The molecule has 2 atom stereocenters. The van der Waals surface area contributed by atoms with Crippen molar-refractivity contribution in [2.45, 2.75) is 51.3 Å². The molecule has 8 heteroatoms. The van der Waals surface area contributed by atoms with Gasteiger partial charge in [0.1, 0.15) is 5.60 Å². The molecule has 3 amide bonds. The van der Waals surface area contributed by atoms with E-state index in [9.17, 15) is 9.59 Å². The summed E-state index contributed by atoms with van der Waals surface area (Å²) < 4.78 is 7.18. The number of aromatic nitrogens is 2. The Kier molecular flexibility index (Phi) is 5.87. The Labute approximate surface area is 164 Å². The van der Waals surface area contributed by atoms with Gasteiger partial charge in [-0.15, -0.1) is 0 Å². The van der Waals surface area contributed by atoms with E-state index < -0.39 is 5.60 Å². The number of nitrogens with zero attached hydrogens (tertiary/aromatic N) is 2. The van der Waals surface area contributed by atoms with Gasteiger partial charge in [-0.25, -0.2) is 14.6 Å². The summed E-state index contributed by atoms with van der Waals surface area (Å²) in [5.74, 6) is 0.283. The first-order valence-corrected chi connectivity index (χ1v) is 9.40. The van der Waals surface area contributed by atoms with Gasteiger partial charge in [-0.2, -0.15) is 0 Å². The highest BCUT2D eigenvalue weighted by Crippen LogP contribution is 2.41. The number of rotatable bonds is 6. The molecule has 0 unspecified atom stereocenters. The predicted octanol–water partition coefficient (Wildman–Crippen LogP) is 3.09. The summed E-state index contributed by atoms with van der Waals surface area (Å²) in [7, 11) is 0. The van der Waals surface area contributed by atoms with Crippen LogP contribution in [0.1, 0.15) is 38.7 Å². The smallest absolute Gasteiger partial charge is 0.407 e. The molecule has 3 rings (SSSR count). The van der Waals surface area contributed by atoms with Crippen molar-refractivity contribution in [3.05, 3.63) is 48.5 Å². The molecule has 8 nitrogen and oxygen atoms in total. The molecule has 1 heterocycles. The summed E-state index contributed by atoms with van der Waals surface area (Å²) >= 11 is 0. The highest BCUT2D eigenvalue weighted by molar-refractivity contribution is 5.89. The van der Waals surface area contributed by atoms with Crippen LogP contribution in [0.2, 0.25) is 0 Å². The van der Waals surface area contributed by atoms with Gasteiger partial charge in [0.05, 0.1) is 6.33 Å². The van der Waals surface area contributed by atoms with E-state index in [-0.39, 0.29) is 24.1 Å². The minimum absolute atomic E-state index is 0.0973. The molecule has 3 N–H and O–H groups in total. The number of anilines is 1. The van der Waals surface area contributed by atoms with E-state index in [4.69, 9.17) is 4.74 Å². The topological polar surface area (TPSA) is 97.3 Å². The standard InChI is InChI=1S/C20H27N5O3/c1-20(2,3)28-19(27)24-17-12-16(17)14-4-6-15(7-5-14)23-18(26)22-9-11-25-10-8-21-13-25/h4-8,10,13,16-17H,9,11-12H2,1-3H3,(H,24,27)(H2,22,23,26)/t16-,17+/m0/s1. The van der Waals surface area contributed by atoms with Crippen molar-refractivity contribution in [1.82, 2.24) is 20.2 Å². The van der Waals surface area contributed by atoms with Crippen LogP contribution in [-0.2, 0) is 11.3 Å². The molecule has 1 aliphatic rings. The minimum atomic E-state index is -0.499. The average molecular weight is 385 g/mol. The molecule has 1 aliphatic carbocycles. The first-order valence-electron chi connectivity index (χ1n) is 9.40. The first-order chi connectivity index (χ1) is 13.3. The largest absolute Gasteiger partial charge is 0.444 e. The van der Waals surface area contributed by atoms with Gasteiger partial charge >= 0.3 is 12.1 Å². The zero-order chi connectivity index (χ0) is 20.1. The maximum atomic E-state index is 12.0. The molecule has 1 saturated carbocycles. The van der Waals surface area contributed by atoms with Crippen LogP contribution in [0.5, 0.6) is 0 Å². The van der Waals surface area contributed by atoms with Gasteiger partial charge in [-0.1, -0.05) is 12.1 Å². The molecule has 1 aromatic heterocycles. The molecule has 1 aromatic carbocycles. The lowest BCUT2D eigenvalue weighted by molar-refractivity contribution is 0.0522. The maximum absolute atomic E-state index is 12.0. The molecular weight excluding hydrogens is 358 g/mol. The average Bonchev–Trinajstić information content (AvgIpc) is 3.15. The fourth-order valence-corrected chi connectivity index (χ4v) is 2.89. The van der Waals surface area contributed by atoms with Crippen LogP contribution < -0.4 is 16.0 Å². The Bertz CT molecular complexity index is 796. The normalized spacial score (nSPS) is 18.2. The van der Waals surface area contributed by atoms with Crippen LogP contribution in [0, 0.1) is 0 Å². The summed E-state index contributed by atoms with van der Waals surface area (Å²) in [5.41, 5.74) is 1.36. The Morgan fingerprint density at radius 1 is 1.25 bits per heavy atom. The van der Waals surface area contributed by atoms with Gasteiger partial charge in [0.25, 0.3) is 0 Å². The van der Waals surface area contributed by atoms with Crippen molar-refractivity contribution in [3.8, 4) is 0 Å². The highest BCUT2D eigenvalue weighted by Gasteiger charge is 2.40. The molecule has 0 spiro atoms. The van der Waals surface area contributed by atoms with E-state index in [1.165, 1.54) is 0 Å². The zero-order valence-electron chi connectivity index (χ0n) is 16.4. The van der Waals surface area contributed by atoms with Crippen molar-refractivity contribution >= 4 is 17.8 Å². The fraction of sp³-hybridized carbons (Fsp3) is 0.450. The molecular formula is C20H27N5O3. The van der Waals surface area contributed by atoms with E-state index in [1.807, 2.05) is 55.8 Å². The van der Waals surface area contributed by atoms with Crippen molar-refractivity contribution in [2.75, 3.05) is 11.9 Å². The number of ether oxygens (including phenoxy) is 1. The SMILES string of the molecule is CC(C)(C)OC(=O)N[C@@H]1C[C@H]1c1ccc(NC(=O)NCCn2ccnc2)cc1. The fourth-order valence-electron chi connectivity index (χ4n) is 2.89. The number of nitrogens with one attached hydrogen (secondary N) is 3. The van der Waals surface area contributed by atoms with Gasteiger partial charge < -0.3 is 25.3 Å². The third-order valence-electron chi connectivity index (χ3n) is 4.30. The lowest BCUT2D eigenvalue weighted by Gasteiger charge is -2.19. The first kappa shape index (κ1) is 19.7. The number of carbonyl (C=O) groups excluding carboxylic acids is 2. The number of hydrogen-bond donors (Lipinski definition) is 3. The van der Waals surface area contributed by atoms with Crippen LogP contribution >= 0.6 is 0 Å². The number of carbonyl (C=O) groups is 2. The number of hydrogen-bond acceptors (Lipinski definition) is 4. The molecule has 28 heavy (non-hydrogen) atoms. The second-order valence-electron chi connectivity index (χ2n) is 7.90. The van der Waals surface area contributed by atoms with Crippen LogP contribution in [-0.4, -0.2) is 39.9 Å². The van der Waals surface area contributed by atoms with Crippen LogP contribution in [0.3, 0.4) is 0 Å². The van der Waals surface area contributed by atoms with E-state index in [2.05, 4.69) is 20.9 Å². The maximum Gasteiger partial charge on any atom is 0.407 e. The molecule has 150 valence electrons. The second kappa shape index (κ2) is 8.33. The third kappa shape index (κ3) is 6.00. The monoisotopic (exact) mass is 385 g/mol. The Morgan fingerprint density at radius 2 is 2.00 bits per heavy atom. The van der Waals surface area contributed by atoms with Crippen LogP contribution in [0.25, 0.3) is 0 Å². The molecule has 2 aromatic rings. The predicted molar refractivity (Wildman–Crippen MR) is 106 cm³/mol. The lowest BCUT2D eigenvalue weighted by atomic mass is 10.1. The van der Waals surface area contributed by atoms with Crippen molar-refractivity contribution in [2.24, 2.45) is 0 Å². The van der Waals surface area contributed by atoms with E-state index in [1.54, 1.807) is 12.5 Å². The number of alkyl carbamates (subject to hydrolysis) is 1. The van der Waals surface area contributed by atoms with Gasteiger partial charge in [0.15, 0.2) is 0 Å². The van der Waals surface area contributed by atoms with Gasteiger partial charge in [0, 0.05) is 43.1 Å². The molecule has 1 fully saturated rings. The van der Waals surface area contributed by atoms with Crippen LogP contribution in [0.15, 0.2) is 43.0 Å². The summed E-state index contributed by atoms with van der Waals surface area (Å²) in [4.78, 5) is 27.7. The van der Waals surface area contributed by atoms with E-state index in [0.717, 1.165) is 17.7 Å². The van der Waals surface area contributed by atoms with Crippen molar-refractivity contribution in [3.63, 3.8) is 0 Å². The van der Waals surface area contributed by atoms with Gasteiger partial charge in [0.2, 0.25) is 0 Å². The quantitative estimate of drug-likeness (QED) is 0.712. The number of urea groups is 1. The summed E-state index contributed by atoms with van der Waals surface area (Å²) in [6.07, 6.45) is 5.77. The molecule has 0 radical (unpaired) electrons. The van der Waals surface area contributed by atoms with Crippen molar-refractivity contribution in [1.29, 1.82) is 0 Å². The summed E-state index contributed by atoms with van der Waals surface area (Å²) in [6, 6.07) is 7.54. The second-order valence-corrected chi connectivity index (χ2v) is 7.90. The third-order valence-corrected chi connectivity index (χ3v) is 4.30. The highest BCUT2D eigenvalue weighted by atomic mass is 16.6. The van der Waals surface area contributed by atoms with Gasteiger partial charge in [-0.05, 0) is 44.9 Å². The lowest BCUT2D eigenvalue weighted by Crippen LogP contribution is -2.34. The number of benzene rings is 1. The van der Waals surface area contributed by atoms with Crippen LogP contribution in [0.4, 0.5) is 15.3 Å². The van der Waals surface area contributed by atoms with Gasteiger partial charge in [-0.3, -0.25) is 0 Å². The number of imidazole rings is 1. The minimum Gasteiger partial charge on any atom is -0.444 e. The molecule has 0 saturated heterocycles. The zero-order valence-corrected chi connectivity index (χ0v) is 16.4. The summed E-state index contributed by atoms with van der Waals surface area (Å²) in [6.45, 7) is 6.71. The Hall–Kier alpha value is -3.03. The summed E-state index contributed by atoms with van der Waals surface area (Å²) in [5, 5.41) is 8.51. The molecule has 0 aliphatic heterocycles. The van der Waals surface area contributed by atoms with E-state index in [0.29, 0.717) is 13.1 Å². The van der Waals surface area contributed by atoms with Crippen molar-refractivity contribution < 1.29 is 14.3 Å². The molecule has 0 bridgehead atoms. The Morgan fingerprint density at radius 3 is 2.64 bits per heavy atom. The Balaban J connectivity index is 1.40.